The van der Waals surface area contributed by atoms with Gasteiger partial charge in [0.05, 0.1) is 11.3 Å². The first-order chi connectivity index (χ1) is 6.77. The molecule has 2 rings (SSSR count). The molecule has 1 aliphatic rings. The van der Waals surface area contributed by atoms with Crippen molar-refractivity contribution in [2.24, 2.45) is 11.7 Å². The van der Waals surface area contributed by atoms with Crippen LogP contribution in [0.3, 0.4) is 0 Å². The highest BCUT2D eigenvalue weighted by atomic mass is 16.1. The minimum Gasteiger partial charge on any atom is -0.366 e. The molecule has 0 radical (unpaired) electrons. The number of carbonyl (C=O) groups is 1. The van der Waals surface area contributed by atoms with Crippen LogP contribution in [0.4, 0.5) is 0 Å². The maximum atomic E-state index is 11.1. The van der Waals surface area contributed by atoms with Gasteiger partial charge in [-0.25, -0.2) is 0 Å². The average Bonchev–Trinajstić information content (AvgIpc) is 2.12. The van der Waals surface area contributed by atoms with Gasteiger partial charge in [-0.15, -0.1) is 0 Å². The zero-order chi connectivity index (χ0) is 9.97. The standard InChI is InChI=1S/C11H14N2O/c12-11(14)9-5-2-6-13-10(9)7-8-3-1-4-8/h2,5-6,8H,1,3-4,7H2,(H2,12,14). The van der Waals surface area contributed by atoms with Crippen molar-refractivity contribution < 1.29 is 4.79 Å². The number of nitrogens with two attached hydrogens (primary N) is 1. The molecule has 2 N–H and O–H groups in total. The quantitative estimate of drug-likeness (QED) is 0.785. The van der Waals surface area contributed by atoms with E-state index < -0.39 is 0 Å². The summed E-state index contributed by atoms with van der Waals surface area (Å²) in [6.45, 7) is 0. The molecule has 1 aliphatic carbocycles. The minimum absolute atomic E-state index is 0.368. The Morgan fingerprint density at radius 1 is 1.57 bits per heavy atom. The molecule has 0 unspecified atom stereocenters. The van der Waals surface area contributed by atoms with E-state index in [1.807, 2.05) is 0 Å². The van der Waals surface area contributed by atoms with E-state index in [9.17, 15) is 4.79 Å². The number of pyridine rings is 1. The van der Waals surface area contributed by atoms with Crippen LogP contribution in [0.25, 0.3) is 0 Å². The Kier molecular flexibility index (Phi) is 2.48. The Hall–Kier alpha value is -1.38. The van der Waals surface area contributed by atoms with Gasteiger partial charge in [-0.1, -0.05) is 19.3 Å². The Labute approximate surface area is 83.3 Å². The maximum Gasteiger partial charge on any atom is 0.250 e. The van der Waals surface area contributed by atoms with Gasteiger partial charge in [0.15, 0.2) is 0 Å². The van der Waals surface area contributed by atoms with Gasteiger partial charge in [-0.2, -0.15) is 0 Å². The lowest BCUT2D eigenvalue weighted by atomic mass is 9.81. The predicted molar refractivity (Wildman–Crippen MR) is 53.8 cm³/mol. The number of aromatic nitrogens is 1. The van der Waals surface area contributed by atoms with Crippen LogP contribution in [0.5, 0.6) is 0 Å². The summed E-state index contributed by atoms with van der Waals surface area (Å²) in [5, 5.41) is 0. The fourth-order valence-electron chi connectivity index (χ4n) is 1.80. The van der Waals surface area contributed by atoms with Crippen molar-refractivity contribution in [2.45, 2.75) is 25.7 Å². The van der Waals surface area contributed by atoms with Crippen LogP contribution < -0.4 is 5.73 Å². The van der Waals surface area contributed by atoms with E-state index in [1.165, 1.54) is 19.3 Å². The van der Waals surface area contributed by atoms with Gasteiger partial charge >= 0.3 is 0 Å². The van der Waals surface area contributed by atoms with Gasteiger partial charge in [-0.05, 0) is 24.5 Å². The van der Waals surface area contributed by atoms with Gasteiger partial charge in [0, 0.05) is 6.20 Å². The summed E-state index contributed by atoms with van der Waals surface area (Å²) < 4.78 is 0. The summed E-state index contributed by atoms with van der Waals surface area (Å²) in [6, 6.07) is 3.51. The lowest BCUT2D eigenvalue weighted by molar-refractivity contribution is 0.0998. The number of hydrogen-bond acceptors (Lipinski definition) is 2. The van der Waals surface area contributed by atoms with Crippen LogP contribution in [0.15, 0.2) is 18.3 Å². The fraction of sp³-hybridized carbons (Fsp3) is 0.455. The highest BCUT2D eigenvalue weighted by Crippen LogP contribution is 2.29. The molecule has 1 aromatic heterocycles. The fourth-order valence-corrected chi connectivity index (χ4v) is 1.80. The van der Waals surface area contributed by atoms with Crippen LogP contribution in [0.1, 0.15) is 35.3 Å². The van der Waals surface area contributed by atoms with Crippen molar-refractivity contribution in [3.05, 3.63) is 29.6 Å². The second-order valence-corrected chi connectivity index (χ2v) is 3.86. The van der Waals surface area contributed by atoms with E-state index in [4.69, 9.17) is 5.73 Å². The molecule has 1 saturated carbocycles. The first kappa shape index (κ1) is 9.19. The van der Waals surface area contributed by atoms with Crippen LogP contribution >= 0.6 is 0 Å². The van der Waals surface area contributed by atoms with Crippen LogP contribution in [0.2, 0.25) is 0 Å². The Balaban J connectivity index is 2.17. The van der Waals surface area contributed by atoms with Gasteiger partial charge in [0.25, 0.3) is 5.91 Å². The van der Waals surface area contributed by atoms with E-state index in [1.54, 1.807) is 18.3 Å². The topological polar surface area (TPSA) is 56.0 Å². The Morgan fingerprint density at radius 3 is 2.93 bits per heavy atom. The smallest absolute Gasteiger partial charge is 0.250 e. The van der Waals surface area contributed by atoms with Crippen molar-refractivity contribution >= 4 is 5.91 Å². The van der Waals surface area contributed by atoms with Crippen molar-refractivity contribution in [3.8, 4) is 0 Å². The highest BCUT2D eigenvalue weighted by molar-refractivity contribution is 5.93. The molecule has 14 heavy (non-hydrogen) atoms. The molecule has 0 aliphatic heterocycles. The number of amides is 1. The van der Waals surface area contributed by atoms with E-state index in [0.29, 0.717) is 11.5 Å². The van der Waals surface area contributed by atoms with Gasteiger partial charge in [0.2, 0.25) is 0 Å². The molecule has 0 saturated heterocycles. The number of hydrogen-bond donors (Lipinski definition) is 1. The molecule has 0 aromatic carbocycles. The normalized spacial score (nSPS) is 16.3. The summed E-state index contributed by atoms with van der Waals surface area (Å²) in [4.78, 5) is 15.3. The summed E-state index contributed by atoms with van der Waals surface area (Å²) >= 11 is 0. The Bertz CT molecular complexity index is 345. The lowest BCUT2D eigenvalue weighted by Crippen LogP contribution is -2.19. The Morgan fingerprint density at radius 2 is 2.36 bits per heavy atom. The number of carbonyl (C=O) groups excluding carboxylic acids is 1. The second kappa shape index (κ2) is 3.78. The van der Waals surface area contributed by atoms with E-state index in [0.717, 1.165) is 12.1 Å². The predicted octanol–water partition coefficient (Wildman–Crippen LogP) is 1.52. The van der Waals surface area contributed by atoms with Crippen LogP contribution in [-0.2, 0) is 6.42 Å². The minimum atomic E-state index is -0.368. The number of primary amides is 1. The average molecular weight is 190 g/mol. The molecule has 0 bridgehead atoms. The highest BCUT2D eigenvalue weighted by Gasteiger charge is 2.20. The van der Waals surface area contributed by atoms with Crippen molar-refractivity contribution in [1.29, 1.82) is 0 Å². The van der Waals surface area contributed by atoms with Crippen molar-refractivity contribution in [2.75, 3.05) is 0 Å². The summed E-state index contributed by atoms with van der Waals surface area (Å²) in [5.41, 5.74) is 6.72. The van der Waals surface area contributed by atoms with Crippen molar-refractivity contribution in [1.82, 2.24) is 4.98 Å². The third-order valence-electron chi connectivity index (χ3n) is 2.86. The van der Waals surface area contributed by atoms with E-state index >= 15 is 0 Å². The van der Waals surface area contributed by atoms with Crippen LogP contribution in [-0.4, -0.2) is 10.9 Å². The SMILES string of the molecule is NC(=O)c1cccnc1CC1CCC1. The molecular weight excluding hydrogens is 176 g/mol. The van der Waals surface area contributed by atoms with Gasteiger partial charge < -0.3 is 5.73 Å². The number of rotatable bonds is 3. The third kappa shape index (κ3) is 1.76. The van der Waals surface area contributed by atoms with Crippen LogP contribution in [0, 0.1) is 5.92 Å². The molecule has 74 valence electrons. The monoisotopic (exact) mass is 190 g/mol. The summed E-state index contributed by atoms with van der Waals surface area (Å²) in [5.74, 6) is 0.343. The molecular formula is C11H14N2O. The first-order valence-corrected chi connectivity index (χ1v) is 5.01. The third-order valence-corrected chi connectivity index (χ3v) is 2.86. The molecule has 3 nitrogen and oxygen atoms in total. The molecule has 0 spiro atoms. The van der Waals surface area contributed by atoms with E-state index in [-0.39, 0.29) is 5.91 Å². The van der Waals surface area contributed by atoms with E-state index in [2.05, 4.69) is 4.98 Å². The molecule has 3 heteroatoms. The molecule has 1 aromatic rings. The van der Waals surface area contributed by atoms with Crippen molar-refractivity contribution in [3.63, 3.8) is 0 Å². The maximum absolute atomic E-state index is 11.1. The second-order valence-electron chi connectivity index (χ2n) is 3.86. The van der Waals surface area contributed by atoms with Gasteiger partial charge in [0.1, 0.15) is 0 Å². The van der Waals surface area contributed by atoms with Gasteiger partial charge in [-0.3, -0.25) is 9.78 Å². The first-order valence-electron chi connectivity index (χ1n) is 5.01. The zero-order valence-corrected chi connectivity index (χ0v) is 8.07. The summed E-state index contributed by atoms with van der Waals surface area (Å²) in [7, 11) is 0. The molecule has 1 heterocycles. The number of nitrogens with zero attached hydrogens (tertiary/aromatic N) is 1. The zero-order valence-electron chi connectivity index (χ0n) is 8.07. The lowest BCUT2D eigenvalue weighted by Gasteiger charge is -2.25. The summed E-state index contributed by atoms with van der Waals surface area (Å²) in [6.07, 6.45) is 6.45. The largest absolute Gasteiger partial charge is 0.366 e. The molecule has 1 amide bonds. The molecule has 0 atom stereocenters. The molecule has 1 fully saturated rings.